The van der Waals surface area contributed by atoms with Gasteiger partial charge in [-0.15, -0.1) is 0 Å². The zero-order valence-electron chi connectivity index (χ0n) is 17.1. The van der Waals surface area contributed by atoms with Gasteiger partial charge in [-0.1, -0.05) is 24.3 Å². The Morgan fingerprint density at radius 1 is 1.09 bits per heavy atom. The van der Waals surface area contributed by atoms with Gasteiger partial charge in [0.2, 0.25) is 5.91 Å². The summed E-state index contributed by atoms with van der Waals surface area (Å²) in [6.45, 7) is -1.46. The van der Waals surface area contributed by atoms with Gasteiger partial charge >= 0.3 is 21.5 Å². The van der Waals surface area contributed by atoms with Gasteiger partial charge in [-0.05, 0) is 22.9 Å². The highest BCUT2D eigenvalue weighted by atomic mass is 32.2. The van der Waals surface area contributed by atoms with Gasteiger partial charge in [-0.2, -0.15) is 21.6 Å². The van der Waals surface area contributed by atoms with Crippen LogP contribution in [0.15, 0.2) is 36.4 Å². The van der Waals surface area contributed by atoms with E-state index in [0.717, 1.165) is 6.07 Å². The summed E-state index contributed by atoms with van der Waals surface area (Å²) in [5, 5.41) is 13.7. The van der Waals surface area contributed by atoms with Crippen molar-refractivity contribution in [1.82, 2.24) is 10.6 Å². The molecule has 2 amide bonds. The summed E-state index contributed by atoms with van der Waals surface area (Å²) in [6, 6.07) is 7.32. The molecular weight excluding hydrogens is 487 g/mol. The highest BCUT2D eigenvalue weighted by molar-refractivity contribution is 7.93. The molecule has 0 saturated carbocycles. The Morgan fingerprint density at radius 3 is 2.26 bits per heavy atom. The first-order valence-corrected chi connectivity index (χ1v) is 10.8. The van der Waals surface area contributed by atoms with Gasteiger partial charge in [0.1, 0.15) is 12.0 Å². The number of rotatable bonds is 11. The van der Waals surface area contributed by atoms with Gasteiger partial charge in [0.15, 0.2) is 6.61 Å². The van der Waals surface area contributed by atoms with E-state index in [-0.39, 0.29) is 12.0 Å². The molecule has 0 aliphatic carbocycles. The number of ether oxygens (including phenoxy) is 1. The molecular formula is C19H18F3N3O8S. The zero-order valence-corrected chi connectivity index (χ0v) is 17.9. The molecule has 15 heteroatoms. The number of carbonyl (C=O) groups is 4. The minimum Gasteiger partial charge on any atom is -0.482 e. The number of hydrogen-bond acceptors (Lipinski definition) is 7. The average molecular weight is 505 g/mol. The molecule has 34 heavy (non-hydrogen) atoms. The number of aliphatic carboxylic acids is 1. The molecule has 1 atom stereocenters. The Kier molecular flexibility index (Phi) is 8.40. The number of nitrogens with one attached hydrogen (secondary N) is 3. The van der Waals surface area contributed by atoms with E-state index < -0.39 is 64.6 Å². The molecule has 2 rings (SSSR count). The highest BCUT2D eigenvalue weighted by Crippen LogP contribution is 2.34. The second-order valence-corrected chi connectivity index (χ2v) is 8.39. The summed E-state index contributed by atoms with van der Waals surface area (Å²) in [5.41, 5.74) is -6.16. The number of hydrogen-bond donors (Lipinski definition) is 4. The molecule has 2 aromatic carbocycles. The van der Waals surface area contributed by atoms with Crippen LogP contribution in [-0.4, -0.2) is 62.3 Å². The van der Waals surface area contributed by atoms with E-state index in [9.17, 15) is 40.8 Å². The summed E-state index contributed by atoms with van der Waals surface area (Å²) in [4.78, 5) is 45.0. The number of benzene rings is 2. The molecule has 0 aliphatic heterocycles. The van der Waals surface area contributed by atoms with Gasteiger partial charge < -0.3 is 25.3 Å². The maximum atomic E-state index is 12.8. The molecule has 0 radical (unpaired) electrons. The third kappa shape index (κ3) is 7.33. The lowest BCUT2D eigenvalue weighted by molar-refractivity contribution is -0.139. The van der Waals surface area contributed by atoms with Crippen molar-refractivity contribution >= 4 is 50.6 Å². The summed E-state index contributed by atoms with van der Waals surface area (Å²) < 4.78 is 68.0. The van der Waals surface area contributed by atoms with Gasteiger partial charge in [0, 0.05) is 0 Å². The number of alkyl halides is 3. The van der Waals surface area contributed by atoms with Crippen LogP contribution in [0.5, 0.6) is 5.75 Å². The fraction of sp³-hybridized carbons (Fsp3) is 0.263. The van der Waals surface area contributed by atoms with Crippen molar-refractivity contribution in [3.8, 4) is 5.75 Å². The van der Waals surface area contributed by atoms with Crippen LogP contribution >= 0.6 is 0 Å². The molecule has 184 valence electrons. The lowest BCUT2D eigenvalue weighted by Crippen LogP contribution is -2.44. The van der Waals surface area contributed by atoms with E-state index in [1.165, 1.54) is 16.9 Å². The molecule has 0 bridgehead atoms. The second kappa shape index (κ2) is 10.8. The highest BCUT2D eigenvalue weighted by Gasteiger charge is 2.46. The maximum absolute atomic E-state index is 12.8. The average Bonchev–Trinajstić information content (AvgIpc) is 2.74. The largest absolute Gasteiger partial charge is 0.516 e. The molecule has 0 aromatic heterocycles. The van der Waals surface area contributed by atoms with Crippen molar-refractivity contribution in [2.24, 2.45) is 0 Å². The third-order valence-electron chi connectivity index (χ3n) is 4.11. The molecule has 0 aliphatic rings. The van der Waals surface area contributed by atoms with Crippen molar-refractivity contribution in [3.05, 3.63) is 36.4 Å². The van der Waals surface area contributed by atoms with Crippen LogP contribution in [0, 0.1) is 0 Å². The van der Waals surface area contributed by atoms with Gasteiger partial charge in [0.25, 0.3) is 5.91 Å². The number of amides is 2. The van der Waals surface area contributed by atoms with E-state index >= 15 is 0 Å². The number of carbonyl (C=O) groups excluding carboxylic acids is 3. The van der Waals surface area contributed by atoms with Gasteiger partial charge in [-0.3, -0.25) is 19.1 Å². The predicted octanol–water partition coefficient (Wildman–Crippen LogP) is 0.755. The Morgan fingerprint density at radius 2 is 1.71 bits per heavy atom. The van der Waals surface area contributed by atoms with E-state index in [2.05, 4.69) is 10.6 Å². The first-order valence-electron chi connectivity index (χ1n) is 9.30. The van der Waals surface area contributed by atoms with Crippen LogP contribution in [-0.2, 0) is 29.2 Å². The van der Waals surface area contributed by atoms with Gasteiger partial charge in [0.05, 0.1) is 24.7 Å². The summed E-state index contributed by atoms with van der Waals surface area (Å²) >= 11 is 0. The third-order valence-corrected chi connectivity index (χ3v) is 5.21. The number of aldehydes is 1. The van der Waals surface area contributed by atoms with Gasteiger partial charge in [-0.25, -0.2) is 0 Å². The van der Waals surface area contributed by atoms with E-state index in [0.29, 0.717) is 10.8 Å². The Hall–Kier alpha value is -3.88. The first-order chi connectivity index (χ1) is 15.8. The van der Waals surface area contributed by atoms with Crippen LogP contribution in [0.4, 0.5) is 18.9 Å². The van der Waals surface area contributed by atoms with E-state index in [4.69, 9.17) is 9.84 Å². The monoisotopic (exact) mass is 505 g/mol. The first kappa shape index (κ1) is 26.4. The maximum Gasteiger partial charge on any atom is 0.516 e. The number of anilines is 1. The smallest absolute Gasteiger partial charge is 0.482 e. The van der Waals surface area contributed by atoms with Crippen molar-refractivity contribution < 1.29 is 50.6 Å². The number of fused-ring (bicyclic) bond motifs is 1. The zero-order chi connectivity index (χ0) is 25.5. The van der Waals surface area contributed by atoms with Crippen LogP contribution in [0.3, 0.4) is 0 Å². The lowest BCUT2D eigenvalue weighted by atomic mass is 10.1. The predicted molar refractivity (Wildman–Crippen MR) is 111 cm³/mol. The fourth-order valence-electron chi connectivity index (χ4n) is 2.57. The number of halogens is 3. The van der Waals surface area contributed by atoms with E-state index in [1.807, 2.05) is 0 Å². The molecule has 0 heterocycles. The molecule has 4 N–H and O–H groups in total. The second-order valence-electron chi connectivity index (χ2n) is 6.72. The Labute approximate surface area is 190 Å². The normalized spacial score (nSPS) is 12.4. The molecule has 11 nitrogen and oxygen atoms in total. The van der Waals surface area contributed by atoms with Crippen LogP contribution in [0.2, 0.25) is 0 Å². The van der Waals surface area contributed by atoms with E-state index in [1.54, 1.807) is 18.2 Å². The minimum atomic E-state index is -5.78. The molecule has 0 spiro atoms. The van der Waals surface area contributed by atoms with Crippen molar-refractivity contribution in [2.75, 3.05) is 17.9 Å². The Bertz CT molecular complexity index is 1200. The quantitative estimate of drug-likeness (QED) is 0.325. The molecule has 0 unspecified atom stereocenters. The van der Waals surface area contributed by atoms with Crippen LogP contribution in [0.25, 0.3) is 10.8 Å². The number of sulfonamides is 1. The van der Waals surface area contributed by atoms with Crippen molar-refractivity contribution in [3.63, 3.8) is 0 Å². The summed E-state index contributed by atoms with van der Waals surface area (Å²) in [5.74, 6) is -3.50. The van der Waals surface area contributed by atoms with Crippen LogP contribution < -0.4 is 20.1 Å². The van der Waals surface area contributed by atoms with Crippen molar-refractivity contribution in [1.29, 1.82) is 0 Å². The van der Waals surface area contributed by atoms with Crippen molar-refractivity contribution in [2.45, 2.75) is 18.0 Å². The number of carboxylic acid groups (broad SMARTS) is 1. The molecule has 0 saturated heterocycles. The SMILES string of the molecule is O=C[C@H](CC(=O)O)NC(=O)CNC(=O)COc1cc2ccccc2cc1NS(=O)(=O)C(F)(F)F. The molecule has 2 aromatic rings. The topological polar surface area (TPSA) is 168 Å². The summed E-state index contributed by atoms with van der Waals surface area (Å²) in [6.07, 6.45) is -0.453. The number of carboxylic acids is 1. The lowest BCUT2D eigenvalue weighted by Gasteiger charge is -2.16. The standard InChI is InChI=1S/C19H18F3N3O8S/c20-19(21,22)34(31,32)25-14-5-11-3-1-2-4-12(11)6-15(14)33-10-17(28)23-8-16(27)24-13(9-26)7-18(29)30/h1-6,9,13,25H,7-8,10H2,(H,23,28)(H,24,27)(H,29,30)/t13-/m0/s1. The Balaban J connectivity index is 2.08. The van der Waals surface area contributed by atoms with Crippen LogP contribution in [0.1, 0.15) is 6.42 Å². The molecule has 0 fully saturated rings. The summed E-state index contributed by atoms with van der Waals surface area (Å²) in [7, 11) is -5.78. The fourth-order valence-corrected chi connectivity index (χ4v) is 3.14. The minimum absolute atomic E-state index is 0.209.